The third kappa shape index (κ3) is 4.84. The standard InChI is InChI=1S/C14H32N2/c1-9-14(5,6)16(8)11-10-12(15-7)13(2,3)4/h12,15H,9-11H2,1-8H3. The summed E-state index contributed by atoms with van der Waals surface area (Å²) in [5, 5.41) is 3.44. The maximum Gasteiger partial charge on any atom is 0.0147 e. The van der Waals surface area contributed by atoms with E-state index < -0.39 is 0 Å². The van der Waals surface area contributed by atoms with E-state index in [1.54, 1.807) is 0 Å². The molecule has 0 aromatic carbocycles. The van der Waals surface area contributed by atoms with Gasteiger partial charge >= 0.3 is 0 Å². The first-order valence-corrected chi connectivity index (χ1v) is 6.53. The zero-order valence-corrected chi connectivity index (χ0v) is 12.6. The predicted octanol–water partition coefficient (Wildman–Crippen LogP) is 3.13. The van der Waals surface area contributed by atoms with Crippen molar-refractivity contribution in [1.82, 2.24) is 10.2 Å². The minimum atomic E-state index is 0.316. The minimum absolute atomic E-state index is 0.316. The van der Waals surface area contributed by atoms with Gasteiger partial charge in [-0.2, -0.15) is 0 Å². The molecule has 0 bridgehead atoms. The molecule has 0 amide bonds. The number of hydrogen-bond acceptors (Lipinski definition) is 2. The average molecular weight is 228 g/mol. The largest absolute Gasteiger partial charge is 0.316 e. The molecule has 0 aliphatic rings. The van der Waals surface area contributed by atoms with Crippen LogP contribution in [-0.2, 0) is 0 Å². The Labute approximate surface area is 103 Å². The van der Waals surface area contributed by atoms with E-state index in [0.29, 0.717) is 17.0 Å². The first kappa shape index (κ1) is 15.9. The molecule has 0 radical (unpaired) electrons. The molecule has 2 nitrogen and oxygen atoms in total. The second kappa shape index (κ2) is 6.02. The molecule has 2 heteroatoms. The van der Waals surface area contributed by atoms with Crippen molar-refractivity contribution < 1.29 is 0 Å². The number of rotatable bonds is 6. The highest BCUT2D eigenvalue weighted by molar-refractivity contribution is 4.83. The molecule has 16 heavy (non-hydrogen) atoms. The molecule has 98 valence electrons. The summed E-state index contributed by atoms with van der Waals surface area (Å²) in [6, 6.07) is 0.586. The number of hydrogen-bond donors (Lipinski definition) is 1. The van der Waals surface area contributed by atoms with E-state index in [1.807, 2.05) is 0 Å². The number of nitrogens with one attached hydrogen (secondary N) is 1. The summed E-state index contributed by atoms with van der Waals surface area (Å²) in [4.78, 5) is 2.48. The van der Waals surface area contributed by atoms with Crippen LogP contribution >= 0.6 is 0 Å². The van der Waals surface area contributed by atoms with E-state index in [4.69, 9.17) is 0 Å². The molecule has 0 rings (SSSR count). The molecule has 1 unspecified atom stereocenters. The topological polar surface area (TPSA) is 15.3 Å². The van der Waals surface area contributed by atoms with E-state index >= 15 is 0 Å². The van der Waals surface area contributed by atoms with Crippen LogP contribution in [0, 0.1) is 5.41 Å². The van der Waals surface area contributed by atoms with Crippen molar-refractivity contribution in [2.24, 2.45) is 5.41 Å². The molecule has 0 aromatic heterocycles. The highest BCUT2D eigenvalue weighted by Crippen LogP contribution is 2.23. The van der Waals surface area contributed by atoms with Gasteiger partial charge in [0.15, 0.2) is 0 Å². The van der Waals surface area contributed by atoms with Gasteiger partial charge in [-0.05, 0) is 52.7 Å². The molecule has 0 saturated heterocycles. The van der Waals surface area contributed by atoms with Gasteiger partial charge in [0.2, 0.25) is 0 Å². The Kier molecular flexibility index (Phi) is 5.99. The highest BCUT2D eigenvalue weighted by Gasteiger charge is 2.26. The zero-order chi connectivity index (χ0) is 13.0. The molecular formula is C14H32N2. The first-order chi connectivity index (χ1) is 7.15. The normalized spacial score (nSPS) is 15.6. The third-order valence-electron chi connectivity index (χ3n) is 4.05. The van der Waals surface area contributed by atoms with Gasteiger partial charge in [0.25, 0.3) is 0 Å². The van der Waals surface area contributed by atoms with Crippen molar-refractivity contribution in [3.8, 4) is 0 Å². The molecule has 0 aromatic rings. The summed E-state index contributed by atoms with van der Waals surface area (Å²) in [6.07, 6.45) is 2.41. The second-order valence-corrected chi connectivity index (χ2v) is 6.58. The van der Waals surface area contributed by atoms with Crippen LogP contribution in [-0.4, -0.2) is 37.1 Å². The van der Waals surface area contributed by atoms with Gasteiger partial charge in [0.1, 0.15) is 0 Å². The quantitative estimate of drug-likeness (QED) is 0.751. The van der Waals surface area contributed by atoms with Gasteiger partial charge in [-0.25, -0.2) is 0 Å². The van der Waals surface area contributed by atoms with Crippen molar-refractivity contribution >= 4 is 0 Å². The summed E-state index contributed by atoms with van der Waals surface area (Å²) in [5.74, 6) is 0. The first-order valence-electron chi connectivity index (χ1n) is 6.53. The van der Waals surface area contributed by atoms with Gasteiger partial charge in [-0.1, -0.05) is 27.7 Å². The number of nitrogens with zero attached hydrogens (tertiary/aromatic N) is 1. The van der Waals surface area contributed by atoms with Gasteiger partial charge in [-0.15, -0.1) is 0 Å². The minimum Gasteiger partial charge on any atom is -0.316 e. The van der Waals surface area contributed by atoms with Crippen LogP contribution in [0.2, 0.25) is 0 Å². The Morgan fingerprint density at radius 1 is 1.12 bits per heavy atom. The molecule has 0 spiro atoms. The predicted molar refractivity (Wildman–Crippen MR) is 73.9 cm³/mol. The molecular weight excluding hydrogens is 196 g/mol. The van der Waals surface area contributed by atoms with Crippen molar-refractivity contribution in [2.75, 3.05) is 20.6 Å². The van der Waals surface area contributed by atoms with E-state index in [-0.39, 0.29) is 0 Å². The third-order valence-corrected chi connectivity index (χ3v) is 4.05. The second-order valence-electron chi connectivity index (χ2n) is 6.58. The summed E-state index contributed by atoms with van der Waals surface area (Å²) >= 11 is 0. The van der Waals surface area contributed by atoms with Crippen LogP contribution in [0.3, 0.4) is 0 Å². The molecule has 0 aliphatic carbocycles. The fourth-order valence-corrected chi connectivity index (χ4v) is 1.91. The van der Waals surface area contributed by atoms with Crippen molar-refractivity contribution in [1.29, 1.82) is 0 Å². The van der Waals surface area contributed by atoms with E-state index in [9.17, 15) is 0 Å². The van der Waals surface area contributed by atoms with Crippen LogP contribution < -0.4 is 5.32 Å². The molecule has 0 saturated carbocycles. The lowest BCUT2D eigenvalue weighted by Crippen LogP contribution is -2.45. The fraction of sp³-hybridized carbons (Fsp3) is 1.00. The van der Waals surface area contributed by atoms with Crippen LogP contribution in [0.15, 0.2) is 0 Å². The van der Waals surface area contributed by atoms with Gasteiger partial charge < -0.3 is 10.2 Å². The smallest absolute Gasteiger partial charge is 0.0147 e. The Balaban J connectivity index is 4.23. The highest BCUT2D eigenvalue weighted by atomic mass is 15.2. The molecule has 0 heterocycles. The lowest BCUT2D eigenvalue weighted by molar-refractivity contribution is 0.132. The van der Waals surface area contributed by atoms with Crippen LogP contribution in [0.1, 0.15) is 54.4 Å². The summed E-state index contributed by atoms with van der Waals surface area (Å²) in [7, 11) is 4.31. The Morgan fingerprint density at radius 2 is 1.62 bits per heavy atom. The monoisotopic (exact) mass is 228 g/mol. The Bertz CT molecular complexity index is 191. The van der Waals surface area contributed by atoms with Crippen molar-refractivity contribution in [3.05, 3.63) is 0 Å². The maximum absolute atomic E-state index is 3.44. The van der Waals surface area contributed by atoms with Gasteiger partial charge in [0, 0.05) is 11.6 Å². The van der Waals surface area contributed by atoms with E-state index in [1.165, 1.54) is 12.8 Å². The lowest BCUT2D eigenvalue weighted by atomic mass is 9.84. The van der Waals surface area contributed by atoms with Crippen molar-refractivity contribution in [2.45, 2.75) is 66.0 Å². The zero-order valence-electron chi connectivity index (χ0n) is 12.6. The average Bonchev–Trinajstić information content (AvgIpc) is 2.16. The summed E-state index contributed by atoms with van der Waals surface area (Å²) in [6.45, 7) is 15.0. The fourth-order valence-electron chi connectivity index (χ4n) is 1.91. The molecule has 1 atom stereocenters. The lowest BCUT2D eigenvalue weighted by Gasteiger charge is -2.38. The molecule has 1 N–H and O–H groups in total. The Morgan fingerprint density at radius 3 is 1.94 bits per heavy atom. The maximum atomic E-state index is 3.44. The van der Waals surface area contributed by atoms with Gasteiger partial charge in [-0.3, -0.25) is 0 Å². The SMILES string of the molecule is CCC(C)(C)N(C)CCC(NC)C(C)(C)C. The molecule has 0 aliphatic heterocycles. The summed E-state index contributed by atoms with van der Waals surface area (Å²) in [5.41, 5.74) is 0.655. The Hall–Kier alpha value is -0.0800. The summed E-state index contributed by atoms with van der Waals surface area (Å²) < 4.78 is 0. The van der Waals surface area contributed by atoms with Crippen LogP contribution in [0.4, 0.5) is 0 Å². The van der Waals surface area contributed by atoms with Crippen LogP contribution in [0.5, 0.6) is 0 Å². The van der Waals surface area contributed by atoms with Crippen molar-refractivity contribution in [3.63, 3.8) is 0 Å². The van der Waals surface area contributed by atoms with Gasteiger partial charge in [0.05, 0.1) is 0 Å². The van der Waals surface area contributed by atoms with Crippen LogP contribution in [0.25, 0.3) is 0 Å². The molecule has 0 fully saturated rings. The van der Waals surface area contributed by atoms with E-state index in [2.05, 4.69) is 65.9 Å². The van der Waals surface area contributed by atoms with E-state index in [0.717, 1.165) is 6.54 Å².